The first-order valence-electron chi connectivity index (χ1n) is 4.19. The number of carbonyl (C=O) groups excluding carboxylic acids is 1. The molecule has 4 heteroatoms. The summed E-state index contributed by atoms with van der Waals surface area (Å²) in [6, 6.07) is 3.60. The minimum absolute atomic E-state index is 0.112. The molecular formula is C9H12N2O2. The Balaban J connectivity index is 2.33. The Hall–Kier alpha value is -1.29. The van der Waals surface area contributed by atoms with E-state index in [4.69, 9.17) is 10.5 Å². The highest BCUT2D eigenvalue weighted by molar-refractivity contribution is 5.87. The largest absolute Gasteiger partial charge is 0.468 e. The van der Waals surface area contributed by atoms with Crippen LogP contribution in [-0.2, 0) is 14.9 Å². The van der Waals surface area contributed by atoms with E-state index in [0.717, 1.165) is 5.69 Å². The van der Waals surface area contributed by atoms with Crippen molar-refractivity contribution in [1.82, 2.24) is 4.98 Å². The molecule has 0 bridgehead atoms. The molecule has 13 heavy (non-hydrogen) atoms. The lowest BCUT2D eigenvalue weighted by Crippen LogP contribution is -2.29. The zero-order chi connectivity index (χ0) is 9.47. The maximum absolute atomic E-state index is 11.5. The van der Waals surface area contributed by atoms with Crippen molar-refractivity contribution in [2.45, 2.75) is 17.9 Å². The number of nitrogens with two attached hydrogens (primary N) is 1. The highest BCUT2D eigenvalue weighted by atomic mass is 16.5. The third kappa shape index (κ3) is 0.986. The zero-order valence-corrected chi connectivity index (χ0v) is 7.41. The lowest BCUT2D eigenvalue weighted by Gasteiger charge is -2.11. The minimum atomic E-state index is -0.599. The molecule has 2 unspecified atom stereocenters. The number of hydrogen-bond acceptors (Lipinski definition) is 3. The maximum Gasteiger partial charge on any atom is 0.319 e. The van der Waals surface area contributed by atoms with Crippen LogP contribution >= 0.6 is 0 Å². The Morgan fingerprint density at radius 1 is 1.85 bits per heavy atom. The summed E-state index contributed by atoms with van der Waals surface area (Å²) < 4.78 is 4.73. The van der Waals surface area contributed by atoms with E-state index in [1.807, 2.05) is 12.1 Å². The summed E-state index contributed by atoms with van der Waals surface area (Å²) in [6.07, 6.45) is 2.45. The summed E-state index contributed by atoms with van der Waals surface area (Å²) in [5.74, 6) is -0.248. The SMILES string of the molecule is COC(=O)C1(c2ccc[nH]2)CC1N. The van der Waals surface area contributed by atoms with E-state index in [1.54, 1.807) is 6.20 Å². The molecule has 1 fully saturated rings. The molecule has 2 rings (SSSR count). The number of hydrogen-bond donors (Lipinski definition) is 2. The van der Waals surface area contributed by atoms with Crippen molar-refractivity contribution >= 4 is 5.97 Å². The van der Waals surface area contributed by atoms with E-state index in [1.165, 1.54) is 7.11 Å². The molecular weight excluding hydrogens is 168 g/mol. The summed E-state index contributed by atoms with van der Waals surface area (Å²) in [7, 11) is 1.39. The van der Waals surface area contributed by atoms with Gasteiger partial charge in [-0.05, 0) is 18.6 Å². The number of ether oxygens (including phenoxy) is 1. The monoisotopic (exact) mass is 180 g/mol. The molecule has 0 saturated heterocycles. The highest BCUT2D eigenvalue weighted by Crippen LogP contribution is 2.47. The van der Waals surface area contributed by atoms with Gasteiger partial charge in [-0.25, -0.2) is 0 Å². The Morgan fingerprint density at radius 3 is 2.92 bits per heavy atom. The average Bonchev–Trinajstić information content (AvgIpc) is 2.63. The third-order valence-corrected chi connectivity index (χ3v) is 2.64. The predicted octanol–water partition coefficient (Wildman–Crippen LogP) is 0.156. The molecule has 1 aliphatic rings. The summed E-state index contributed by atoms with van der Waals surface area (Å²) in [4.78, 5) is 14.5. The van der Waals surface area contributed by atoms with Gasteiger partial charge < -0.3 is 15.5 Å². The van der Waals surface area contributed by atoms with Crippen molar-refractivity contribution in [3.8, 4) is 0 Å². The highest BCUT2D eigenvalue weighted by Gasteiger charge is 2.61. The minimum Gasteiger partial charge on any atom is -0.468 e. The fourth-order valence-electron chi connectivity index (χ4n) is 1.73. The van der Waals surface area contributed by atoms with Crippen molar-refractivity contribution in [2.75, 3.05) is 7.11 Å². The Labute approximate surface area is 76.1 Å². The smallest absolute Gasteiger partial charge is 0.319 e. The van der Waals surface area contributed by atoms with Crippen LogP contribution in [0.25, 0.3) is 0 Å². The van der Waals surface area contributed by atoms with Crippen LogP contribution in [0.5, 0.6) is 0 Å². The number of rotatable bonds is 2. The topological polar surface area (TPSA) is 68.1 Å². The van der Waals surface area contributed by atoms with E-state index in [2.05, 4.69) is 4.98 Å². The number of aromatic amines is 1. The fourth-order valence-corrected chi connectivity index (χ4v) is 1.73. The molecule has 0 amide bonds. The van der Waals surface area contributed by atoms with E-state index in [0.29, 0.717) is 6.42 Å². The first-order valence-corrected chi connectivity index (χ1v) is 4.19. The van der Waals surface area contributed by atoms with Crippen LogP contribution in [0.2, 0.25) is 0 Å². The van der Waals surface area contributed by atoms with Crippen molar-refractivity contribution in [3.05, 3.63) is 24.0 Å². The van der Waals surface area contributed by atoms with Crippen molar-refractivity contribution < 1.29 is 9.53 Å². The molecule has 1 heterocycles. The molecule has 3 N–H and O–H groups in total. The van der Waals surface area contributed by atoms with Gasteiger partial charge in [-0.2, -0.15) is 0 Å². The van der Waals surface area contributed by atoms with Gasteiger partial charge in [0.05, 0.1) is 7.11 Å². The molecule has 70 valence electrons. The van der Waals surface area contributed by atoms with Gasteiger partial charge in [0.2, 0.25) is 0 Å². The van der Waals surface area contributed by atoms with Crippen LogP contribution in [0.4, 0.5) is 0 Å². The van der Waals surface area contributed by atoms with Gasteiger partial charge in [-0.1, -0.05) is 0 Å². The van der Waals surface area contributed by atoms with E-state index < -0.39 is 5.41 Å². The molecule has 2 atom stereocenters. The standard InChI is InChI=1S/C9H12N2O2/c1-13-8(12)9(5-6(9)10)7-3-2-4-11-7/h2-4,6,11H,5,10H2,1H3. The van der Waals surface area contributed by atoms with Gasteiger partial charge in [-0.3, -0.25) is 4.79 Å². The number of methoxy groups -OCH3 is 1. The van der Waals surface area contributed by atoms with E-state index in [9.17, 15) is 4.79 Å². The van der Waals surface area contributed by atoms with Gasteiger partial charge in [0, 0.05) is 17.9 Å². The number of nitrogens with one attached hydrogen (secondary N) is 1. The average molecular weight is 180 g/mol. The van der Waals surface area contributed by atoms with Crippen molar-refractivity contribution in [1.29, 1.82) is 0 Å². The second-order valence-electron chi connectivity index (χ2n) is 3.36. The number of carbonyl (C=O) groups is 1. The molecule has 0 spiro atoms. The lowest BCUT2D eigenvalue weighted by molar-refractivity contribution is -0.143. The molecule has 1 aliphatic carbocycles. The molecule has 1 saturated carbocycles. The van der Waals surface area contributed by atoms with Gasteiger partial charge in [0.25, 0.3) is 0 Å². The second-order valence-corrected chi connectivity index (χ2v) is 3.36. The summed E-state index contributed by atoms with van der Waals surface area (Å²) in [5.41, 5.74) is 6.00. The third-order valence-electron chi connectivity index (χ3n) is 2.64. The quantitative estimate of drug-likeness (QED) is 0.637. The van der Waals surface area contributed by atoms with E-state index in [-0.39, 0.29) is 12.0 Å². The normalized spacial score (nSPS) is 31.4. The molecule has 0 aromatic carbocycles. The van der Waals surface area contributed by atoms with E-state index >= 15 is 0 Å². The van der Waals surface area contributed by atoms with Gasteiger partial charge in [0.1, 0.15) is 5.41 Å². The van der Waals surface area contributed by atoms with Crippen LogP contribution in [-0.4, -0.2) is 24.1 Å². The van der Waals surface area contributed by atoms with Crippen LogP contribution in [0.1, 0.15) is 12.1 Å². The Kier molecular flexibility index (Phi) is 1.66. The van der Waals surface area contributed by atoms with Gasteiger partial charge >= 0.3 is 5.97 Å². The predicted molar refractivity (Wildman–Crippen MR) is 47.1 cm³/mol. The molecule has 1 aromatic heterocycles. The molecule has 0 radical (unpaired) electrons. The Morgan fingerprint density at radius 2 is 2.54 bits per heavy atom. The first kappa shape index (κ1) is 8.31. The molecule has 0 aliphatic heterocycles. The fraction of sp³-hybridized carbons (Fsp3) is 0.444. The molecule has 1 aromatic rings. The van der Waals surface area contributed by atoms with Crippen molar-refractivity contribution in [3.63, 3.8) is 0 Å². The lowest BCUT2D eigenvalue weighted by atomic mass is 10.0. The second kappa shape index (κ2) is 2.60. The van der Waals surface area contributed by atoms with Crippen LogP contribution in [0.15, 0.2) is 18.3 Å². The molecule has 4 nitrogen and oxygen atoms in total. The van der Waals surface area contributed by atoms with Crippen LogP contribution in [0.3, 0.4) is 0 Å². The number of aromatic nitrogens is 1. The Bertz CT molecular complexity index is 320. The van der Waals surface area contributed by atoms with Gasteiger partial charge in [0.15, 0.2) is 0 Å². The summed E-state index contributed by atoms with van der Waals surface area (Å²) in [6.45, 7) is 0. The number of H-pyrrole nitrogens is 1. The zero-order valence-electron chi connectivity index (χ0n) is 7.41. The number of esters is 1. The van der Waals surface area contributed by atoms with Crippen molar-refractivity contribution in [2.24, 2.45) is 5.73 Å². The van der Waals surface area contributed by atoms with Crippen LogP contribution < -0.4 is 5.73 Å². The first-order chi connectivity index (χ1) is 6.21. The summed E-state index contributed by atoms with van der Waals surface area (Å²) >= 11 is 0. The van der Waals surface area contributed by atoms with Crippen LogP contribution in [0, 0.1) is 0 Å². The maximum atomic E-state index is 11.5. The summed E-state index contributed by atoms with van der Waals surface area (Å²) in [5, 5.41) is 0. The van der Waals surface area contributed by atoms with Gasteiger partial charge in [-0.15, -0.1) is 0 Å².